The monoisotopic (exact) mass is 317 g/mol. The number of hydrogen-bond donors (Lipinski definition) is 0. The summed E-state index contributed by atoms with van der Waals surface area (Å²) in [4.78, 5) is 14.0. The van der Waals surface area contributed by atoms with Crippen LogP contribution in [0.2, 0.25) is 0 Å². The number of alkyl halides is 3. The van der Waals surface area contributed by atoms with E-state index in [0.717, 1.165) is 12.1 Å². The van der Waals surface area contributed by atoms with Crippen LogP contribution in [0.25, 0.3) is 0 Å². The molecule has 1 amide bonds. The van der Waals surface area contributed by atoms with Gasteiger partial charge in [0, 0.05) is 20.2 Å². The maximum Gasteiger partial charge on any atom is 0.416 e. The minimum absolute atomic E-state index is 0.0918. The van der Waals surface area contributed by atoms with Gasteiger partial charge in [-0.3, -0.25) is 4.79 Å². The minimum atomic E-state index is -4.36. The van der Waals surface area contributed by atoms with Crippen LogP contribution in [0.1, 0.15) is 25.0 Å². The van der Waals surface area contributed by atoms with E-state index in [0.29, 0.717) is 31.2 Å². The van der Waals surface area contributed by atoms with Crippen LogP contribution >= 0.6 is 0 Å². The summed E-state index contributed by atoms with van der Waals surface area (Å²) in [7, 11) is 1.56. The van der Waals surface area contributed by atoms with E-state index in [2.05, 4.69) is 0 Å². The topological polar surface area (TPSA) is 29.5 Å². The Kier molecular flexibility index (Phi) is 6.87. The molecule has 0 aromatic heterocycles. The van der Waals surface area contributed by atoms with Gasteiger partial charge >= 0.3 is 6.18 Å². The van der Waals surface area contributed by atoms with Crippen LogP contribution in [-0.2, 0) is 22.1 Å². The van der Waals surface area contributed by atoms with Crippen molar-refractivity contribution in [1.29, 1.82) is 0 Å². The Hall–Kier alpha value is -1.56. The van der Waals surface area contributed by atoms with E-state index in [4.69, 9.17) is 4.74 Å². The van der Waals surface area contributed by atoms with Crippen molar-refractivity contribution in [2.24, 2.45) is 5.92 Å². The normalized spacial score (nSPS) is 11.8. The Morgan fingerprint density at radius 2 is 1.82 bits per heavy atom. The molecule has 1 aromatic carbocycles. The molecule has 3 nitrogen and oxygen atoms in total. The van der Waals surface area contributed by atoms with Gasteiger partial charge in [0.15, 0.2) is 0 Å². The van der Waals surface area contributed by atoms with Gasteiger partial charge in [-0.2, -0.15) is 13.2 Å². The van der Waals surface area contributed by atoms with Crippen LogP contribution in [0.5, 0.6) is 0 Å². The number of nitrogens with zero attached hydrogens (tertiary/aromatic N) is 1. The third-order valence-corrected chi connectivity index (χ3v) is 3.14. The molecule has 0 saturated heterocycles. The van der Waals surface area contributed by atoms with Gasteiger partial charge in [0.2, 0.25) is 5.91 Å². The summed E-state index contributed by atoms with van der Waals surface area (Å²) in [5, 5.41) is 0. The lowest BCUT2D eigenvalue weighted by Gasteiger charge is -2.24. The first kappa shape index (κ1) is 18.5. The number of carbonyl (C=O) groups excluding carboxylic acids is 1. The average molecular weight is 317 g/mol. The Balaban J connectivity index is 2.71. The molecule has 0 heterocycles. The largest absolute Gasteiger partial charge is 0.416 e. The molecule has 124 valence electrons. The second-order valence-electron chi connectivity index (χ2n) is 5.60. The number of ether oxygens (including phenoxy) is 1. The zero-order valence-electron chi connectivity index (χ0n) is 13.1. The average Bonchev–Trinajstić information content (AvgIpc) is 2.42. The quantitative estimate of drug-likeness (QED) is 0.771. The highest BCUT2D eigenvalue weighted by Crippen LogP contribution is 2.29. The zero-order valence-corrected chi connectivity index (χ0v) is 13.1. The van der Waals surface area contributed by atoms with E-state index in [1.54, 1.807) is 12.0 Å². The number of carbonyl (C=O) groups is 1. The molecule has 0 aliphatic rings. The van der Waals surface area contributed by atoms with E-state index in [1.165, 1.54) is 12.1 Å². The predicted octanol–water partition coefficient (Wildman–Crippen LogP) is 3.38. The van der Waals surface area contributed by atoms with Crippen molar-refractivity contribution in [1.82, 2.24) is 4.90 Å². The molecule has 0 fully saturated rings. The van der Waals surface area contributed by atoms with Gasteiger partial charge in [-0.15, -0.1) is 0 Å². The fourth-order valence-electron chi connectivity index (χ4n) is 2.06. The van der Waals surface area contributed by atoms with E-state index < -0.39 is 11.7 Å². The van der Waals surface area contributed by atoms with Gasteiger partial charge in [0.25, 0.3) is 0 Å². The molecule has 1 aromatic rings. The molecule has 0 radical (unpaired) electrons. The van der Waals surface area contributed by atoms with Crippen molar-refractivity contribution in [3.63, 3.8) is 0 Å². The second kappa shape index (κ2) is 8.17. The molecule has 0 saturated carbocycles. The second-order valence-corrected chi connectivity index (χ2v) is 5.60. The molecule has 1 rings (SSSR count). The van der Waals surface area contributed by atoms with Crippen LogP contribution in [0.4, 0.5) is 13.2 Å². The highest BCUT2D eigenvalue weighted by Gasteiger charge is 2.30. The number of hydrogen-bond acceptors (Lipinski definition) is 2. The van der Waals surface area contributed by atoms with Gasteiger partial charge in [0.1, 0.15) is 0 Å². The zero-order chi connectivity index (χ0) is 16.8. The van der Waals surface area contributed by atoms with Crippen LogP contribution in [0.3, 0.4) is 0 Å². The Labute approximate surface area is 129 Å². The number of benzene rings is 1. The van der Waals surface area contributed by atoms with Gasteiger partial charge < -0.3 is 9.64 Å². The standard InChI is InChI=1S/C16H22F3NO2/c1-12(2)11-20(8-9-22-3)15(21)10-13-4-6-14(7-5-13)16(17,18)19/h4-7,12H,8-11H2,1-3H3. The molecule has 0 atom stereocenters. The fraction of sp³-hybridized carbons (Fsp3) is 0.562. The summed E-state index contributed by atoms with van der Waals surface area (Å²) >= 11 is 0. The molecule has 22 heavy (non-hydrogen) atoms. The number of rotatable bonds is 7. The Bertz CT molecular complexity index is 469. The summed E-state index contributed by atoms with van der Waals surface area (Å²) in [6, 6.07) is 4.71. The molecular weight excluding hydrogens is 295 g/mol. The summed E-state index contributed by atoms with van der Waals surface area (Å²) in [6.07, 6.45) is -4.26. The summed E-state index contributed by atoms with van der Waals surface area (Å²) in [6.45, 7) is 5.53. The lowest BCUT2D eigenvalue weighted by molar-refractivity contribution is -0.137. The molecule has 0 N–H and O–H groups in total. The van der Waals surface area contributed by atoms with E-state index in [1.807, 2.05) is 13.8 Å². The summed E-state index contributed by atoms with van der Waals surface area (Å²) in [5.41, 5.74) is -0.133. The van der Waals surface area contributed by atoms with Crippen molar-refractivity contribution in [3.8, 4) is 0 Å². The predicted molar refractivity (Wildman–Crippen MR) is 78.4 cm³/mol. The molecular formula is C16H22F3NO2. The maximum atomic E-state index is 12.5. The van der Waals surface area contributed by atoms with E-state index >= 15 is 0 Å². The van der Waals surface area contributed by atoms with Crippen molar-refractivity contribution < 1.29 is 22.7 Å². The van der Waals surface area contributed by atoms with Crippen LogP contribution in [0.15, 0.2) is 24.3 Å². The van der Waals surface area contributed by atoms with E-state index in [-0.39, 0.29) is 12.3 Å². The smallest absolute Gasteiger partial charge is 0.383 e. The van der Waals surface area contributed by atoms with Crippen molar-refractivity contribution >= 4 is 5.91 Å². The van der Waals surface area contributed by atoms with E-state index in [9.17, 15) is 18.0 Å². The van der Waals surface area contributed by atoms with Crippen LogP contribution < -0.4 is 0 Å². The van der Waals surface area contributed by atoms with Gasteiger partial charge in [-0.25, -0.2) is 0 Å². The Morgan fingerprint density at radius 3 is 2.27 bits per heavy atom. The van der Waals surface area contributed by atoms with Crippen molar-refractivity contribution in [2.45, 2.75) is 26.4 Å². The van der Waals surface area contributed by atoms with Crippen molar-refractivity contribution in [2.75, 3.05) is 26.8 Å². The summed E-state index contributed by atoms with van der Waals surface area (Å²) in [5.74, 6) is 0.207. The lowest BCUT2D eigenvalue weighted by atomic mass is 10.1. The van der Waals surface area contributed by atoms with Gasteiger partial charge in [0.05, 0.1) is 18.6 Å². The molecule has 0 aliphatic heterocycles. The number of halogens is 3. The SMILES string of the molecule is COCCN(CC(C)C)C(=O)Cc1ccc(C(F)(F)F)cc1. The Morgan fingerprint density at radius 1 is 1.23 bits per heavy atom. The molecule has 0 aliphatic carbocycles. The molecule has 0 spiro atoms. The third kappa shape index (κ3) is 6.05. The first-order chi connectivity index (χ1) is 10.2. The van der Waals surface area contributed by atoms with Crippen LogP contribution in [-0.4, -0.2) is 37.6 Å². The van der Waals surface area contributed by atoms with Gasteiger partial charge in [-0.1, -0.05) is 26.0 Å². The lowest BCUT2D eigenvalue weighted by Crippen LogP contribution is -2.37. The fourth-order valence-corrected chi connectivity index (χ4v) is 2.06. The molecule has 6 heteroatoms. The van der Waals surface area contributed by atoms with Crippen LogP contribution in [0, 0.1) is 5.92 Å². The maximum absolute atomic E-state index is 12.5. The van der Waals surface area contributed by atoms with Gasteiger partial charge in [-0.05, 0) is 23.6 Å². The number of amides is 1. The molecule has 0 bridgehead atoms. The third-order valence-electron chi connectivity index (χ3n) is 3.14. The first-order valence-corrected chi connectivity index (χ1v) is 7.17. The first-order valence-electron chi connectivity index (χ1n) is 7.17. The van der Waals surface area contributed by atoms with Crippen molar-refractivity contribution in [3.05, 3.63) is 35.4 Å². The highest BCUT2D eigenvalue weighted by atomic mass is 19.4. The summed E-state index contributed by atoms with van der Waals surface area (Å²) < 4.78 is 42.5. The molecule has 0 unspecified atom stereocenters. The number of methoxy groups -OCH3 is 1. The highest BCUT2D eigenvalue weighted by molar-refractivity contribution is 5.78. The minimum Gasteiger partial charge on any atom is -0.383 e.